The maximum absolute atomic E-state index is 5.84. The van der Waals surface area contributed by atoms with Crippen molar-refractivity contribution in [3.05, 3.63) is 59.1 Å². The van der Waals surface area contributed by atoms with Crippen LogP contribution in [-0.4, -0.2) is 15.0 Å². The molecule has 0 saturated carbocycles. The van der Waals surface area contributed by atoms with Crippen molar-refractivity contribution in [1.82, 2.24) is 0 Å². The van der Waals surface area contributed by atoms with Crippen LogP contribution < -0.4 is 8.92 Å². The van der Waals surface area contributed by atoms with E-state index in [1.807, 2.05) is 12.1 Å². The molecular weight excluding hydrogens is 271 g/mol. The van der Waals surface area contributed by atoms with Crippen molar-refractivity contribution in [2.45, 2.75) is 6.92 Å². The van der Waals surface area contributed by atoms with Crippen LogP contribution in [0, 0.1) is 6.92 Å². The van der Waals surface area contributed by atoms with Crippen LogP contribution in [0.15, 0.2) is 48.5 Å². The van der Waals surface area contributed by atoms with Crippen LogP contribution in [0.4, 0.5) is 0 Å². The number of rotatable bonds is 2. The summed E-state index contributed by atoms with van der Waals surface area (Å²) in [5.74, 6) is 0. The molecule has 76 valence electrons. The third-order valence-corrected chi connectivity index (χ3v) is 4.45. The Morgan fingerprint density at radius 1 is 0.800 bits per heavy atom. The van der Waals surface area contributed by atoms with Crippen LogP contribution in [0.25, 0.3) is 0 Å². The quantitative estimate of drug-likeness (QED) is 0.741. The van der Waals surface area contributed by atoms with E-state index in [9.17, 15) is 0 Å². The molecule has 2 rings (SSSR count). The normalized spacial score (nSPS) is 10.3. The number of hydrogen-bond acceptors (Lipinski definition) is 0. The van der Waals surface area contributed by atoms with E-state index in [4.69, 9.17) is 11.6 Å². The predicted molar refractivity (Wildman–Crippen MR) is 67.7 cm³/mol. The van der Waals surface area contributed by atoms with E-state index in [1.165, 1.54) is 14.5 Å². The first-order valence-corrected chi connectivity index (χ1v) is 6.83. The molecule has 0 aliphatic carbocycles. The van der Waals surface area contributed by atoms with E-state index in [0.29, 0.717) is 15.0 Å². The van der Waals surface area contributed by atoms with Crippen LogP contribution in [0.5, 0.6) is 0 Å². The summed E-state index contributed by atoms with van der Waals surface area (Å²) in [7, 11) is 0. The van der Waals surface area contributed by atoms with E-state index < -0.39 is 0 Å². The van der Waals surface area contributed by atoms with Gasteiger partial charge in [-0.1, -0.05) is 0 Å². The van der Waals surface area contributed by atoms with Crippen molar-refractivity contribution in [3.8, 4) is 0 Å². The van der Waals surface area contributed by atoms with Gasteiger partial charge in [-0.3, -0.25) is 0 Å². The van der Waals surface area contributed by atoms with Crippen molar-refractivity contribution in [2.75, 3.05) is 0 Å². The Bertz CT molecular complexity index is 388. The second-order valence-corrected chi connectivity index (χ2v) is 6.21. The summed E-state index contributed by atoms with van der Waals surface area (Å²) in [6.07, 6.45) is 0. The average molecular weight is 282 g/mol. The van der Waals surface area contributed by atoms with Crippen molar-refractivity contribution >= 4 is 35.5 Å². The molecule has 0 atom stereocenters. The molecule has 0 nitrogen and oxygen atoms in total. The van der Waals surface area contributed by atoms with Crippen LogP contribution in [0.3, 0.4) is 0 Å². The Labute approximate surface area is 101 Å². The Morgan fingerprint density at radius 2 is 1.27 bits per heavy atom. The van der Waals surface area contributed by atoms with Gasteiger partial charge in [-0.2, -0.15) is 0 Å². The molecule has 0 radical (unpaired) electrons. The molecule has 0 saturated heterocycles. The van der Waals surface area contributed by atoms with Gasteiger partial charge in [-0.05, 0) is 0 Å². The number of halogens is 1. The first kappa shape index (κ1) is 10.8. The summed E-state index contributed by atoms with van der Waals surface area (Å²) in [6.45, 7) is 2.11. The molecule has 0 bridgehead atoms. The summed E-state index contributed by atoms with van der Waals surface area (Å²) < 4.78 is 2.76. The molecule has 15 heavy (non-hydrogen) atoms. The molecule has 2 aromatic carbocycles. The molecule has 0 unspecified atom stereocenters. The molecule has 0 fully saturated rings. The summed E-state index contributed by atoms with van der Waals surface area (Å²) >= 11 is 6.23. The fourth-order valence-electron chi connectivity index (χ4n) is 1.25. The zero-order valence-corrected chi connectivity index (χ0v) is 10.9. The van der Waals surface area contributed by atoms with E-state index in [1.54, 1.807) is 0 Å². The van der Waals surface area contributed by atoms with Crippen LogP contribution in [0.1, 0.15) is 5.56 Å². The first-order valence-electron chi connectivity index (χ1n) is 4.74. The SMILES string of the molecule is Cc1ccc([Se]c2ccc(Cl)cc2)cc1. The van der Waals surface area contributed by atoms with Crippen LogP contribution >= 0.6 is 11.6 Å². The van der Waals surface area contributed by atoms with Gasteiger partial charge in [0, 0.05) is 0 Å². The van der Waals surface area contributed by atoms with Gasteiger partial charge in [0.25, 0.3) is 0 Å². The number of aryl methyl sites for hydroxylation is 1. The van der Waals surface area contributed by atoms with Gasteiger partial charge >= 0.3 is 102 Å². The third-order valence-electron chi connectivity index (χ3n) is 2.07. The third kappa shape index (κ3) is 3.10. The Balaban J connectivity index is 2.15. The molecule has 0 spiro atoms. The molecule has 2 heteroatoms. The minimum absolute atomic E-state index is 0.387. The van der Waals surface area contributed by atoms with Crippen molar-refractivity contribution in [1.29, 1.82) is 0 Å². The summed E-state index contributed by atoms with van der Waals surface area (Å²) in [5.41, 5.74) is 1.31. The van der Waals surface area contributed by atoms with E-state index >= 15 is 0 Å². The van der Waals surface area contributed by atoms with Gasteiger partial charge in [-0.15, -0.1) is 0 Å². The van der Waals surface area contributed by atoms with Gasteiger partial charge in [0.2, 0.25) is 0 Å². The van der Waals surface area contributed by atoms with Crippen LogP contribution in [0.2, 0.25) is 5.02 Å². The molecular formula is C13H11ClSe. The molecule has 0 amide bonds. The van der Waals surface area contributed by atoms with E-state index in [-0.39, 0.29) is 0 Å². The maximum atomic E-state index is 5.84. The summed E-state index contributed by atoms with van der Waals surface area (Å²) in [6, 6.07) is 16.8. The Kier molecular flexibility index (Phi) is 3.48. The zero-order valence-electron chi connectivity index (χ0n) is 8.41. The average Bonchev–Trinajstić information content (AvgIpc) is 2.25. The second-order valence-electron chi connectivity index (χ2n) is 3.37. The topological polar surface area (TPSA) is 0 Å². The Hall–Kier alpha value is -0.751. The fourth-order valence-corrected chi connectivity index (χ4v) is 3.08. The van der Waals surface area contributed by atoms with E-state index in [2.05, 4.69) is 43.3 Å². The monoisotopic (exact) mass is 282 g/mol. The van der Waals surface area contributed by atoms with Crippen molar-refractivity contribution in [2.24, 2.45) is 0 Å². The summed E-state index contributed by atoms with van der Waals surface area (Å²) in [4.78, 5) is 0. The van der Waals surface area contributed by atoms with Crippen molar-refractivity contribution < 1.29 is 0 Å². The fraction of sp³-hybridized carbons (Fsp3) is 0.0769. The molecule has 0 aliphatic rings. The second kappa shape index (κ2) is 4.85. The molecule has 0 N–H and O–H groups in total. The molecule has 0 heterocycles. The number of benzene rings is 2. The van der Waals surface area contributed by atoms with Gasteiger partial charge in [0.1, 0.15) is 0 Å². The Morgan fingerprint density at radius 3 is 1.80 bits per heavy atom. The zero-order chi connectivity index (χ0) is 10.7. The molecule has 0 aromatic heterocycles. The first-order chi connectivity index (χ1) is 7.24. The molecule has 2 aromatic rings. The van der Waals surface area contributed by atoms with Gasteiger partial charge in [0.05, 0.1) is 0 Å². The summed E-state index contributed by atoms with van der Waals surface area (Å²) in [5, 5.41) is 0.804. The minimum atomic E-state index is 0.387. The standard InChI is InChI=1S/C13H11ClSe/c1-10-2-6-12(7-3-10)15-13-8-4-11(14)5-9-13/h2-9H,1H3. The number of hydrogen-bond donors (Lipinski definition) is 0. The van der Waals surface area contributed by atoms with Gasteiger partial charge in [-0.25, -0.2) is 0 Å². The van der Waals surface area contributed by atoms with Crippen molar-refractivity contribution in [3.63, 3.8) is 0 Å². The van der Waals surface area contributed by atoms with Gasteiger partial charge in [0.15, 0.2) is 0 Å². The van der Waals surface area contributed by atoms with Crippen LogP contribution in [-0.2, 0) is 0 Å². The van der Waals surface area contributed by atoms with E-state index in [0.717, 1.165) is 5.02 Å². The molecule has 0 aliphatic heterocycles. The predicted octanol–water partition coefficient (Wildman–Crippen LogP) is 2.30. The van der Waals surface area contributed by atoms with Gasteiger partial charge < -0.3 is 0 Å².